The zero-order valence-electron chi connectivity index (χ0n) is 7.29. The molecule has 0 N–H and O–H groups in total. The number of allylic oxidation sites excluding steroid dienone is 6. The molecule has 0 rings (SSSR count). The van der Waals surface area contributed by atoms with Gasteiger partial charge in [0.25, 0.3) is 0 Å². The fourth-order valence-corrected chi connectivity index (χ4v) is 0.670. The van der Waals surface area contributed by atoms with Gasteiger partial charge in [0.05, 0.1) is 0 Å². The summed E-state index contributed by atoms with van der Waals surface area (Å²) in [6.07, 6.45) is 9.23. The Morgan fingerprint density at radius 1 is 1.18 bits per heavy atom. The highest BCUT2D eigenvalue weighted by molar-refractivity contribution is 5.96. The van der Waals surface area contributed by atoms with Gasteiger partial charge in [-0.15, -0.1) is 0 Å². The van der Waals surface area contributed by atoms with E-state index in [0.29, 0.717) is 0 Å². The summed E-state index contributed by atoms with van der Waals surface area (Å²) in [5, 5.41) is 0. The first kappa shape index (κ1) is 9.89. The molecule has 0 aromatic rings. The van der Waals surface area contributed by atoms with E-state index in [1.165, 1.54) is 0 Å². The Bertz CT molecular complexity index is 207. The second-order valence-corrected chi connectivity index (χ2v) is 2.20. The maximum absolute atomic E-state index is 10.9. The third kappa shape index (κ3) is 4.31. The van der Waals surface area contributed by atoms with Crippen molar-refractivity contribution in [1.82, 2.24) is 0 Å². The molecule has 1 nitrogen and oxygen atoms in total. The smallest absolute Gasteiger partial charge is 0.159 e. The topological polar surface area (TPSA) is 17.1 Å². The van der Waals surface area contributed by atoms with Crippen molar-refractivity contribution in [2.45, 2.75) is 20.8 Å². The molecule has 0 unspecified atom stereocenters. The molecule has 1 heteroatoms. The first-order chi connectivity index (χ1) is 5.22. The van der Waals surface area contributed by atoms with E-state index in [-0.39, 0.29) is 5.78 Å². The first-order valence-corrected chi connectivity index (χ1v) is 3.69. The van der Waals surface area contributed by atoms with Gasteiger partial charge in [0, 0.05) is 5.57 Å². The quantitative estimate of drug-likeness (QED) is 0.446. The van der Waals surface area contributed by atoms with Gasteiger partial charge in [-0.3, -0.25) is 4.79 Å². The lowest BCUT2D eigenvalue weighted by Crippen LogP contribution is -1.91. The lowest BCUT2D eigenvalue weighted by Gasteiger charge is -1.91. The van der Waals surface area contributed by atoms with Gasteiger partial charge in [-0.05, 0) is 20.8 Å². The normalized spacial score (nSPS) is 13.2. The Labute approximate surface area is 68.1 Å². The molecule has 0 aromatic carbocycles. The Balaban J connectivity index is 4.45. The van der Waals surface area contributed by atoms with Gasteiger partial charge in [0.1, 0.15) is 0 Å². The van der Waals surface area contributed by atoms with Crippen LogP contribution in [0, 0.1) is 0 Å². The predicted molar refractivity (Wildman–Crippen MR) is 48.4 cm³/mol. The molecule has 60 valence electrons. The number of hydrogen-bond acceptors (Lipinski definition) is 1. The van der Waals surface area contributed by atoms with E-state index < -0.39 is 0 Å². The summed E-state index contributed by atoms with van der Waals surface area (Å²) >= 11 is 0. The van der Waals surface area contributed by atoms with E-state index in [4.69, 9.17) is 0 Å². The fraction of sp³-hybridized carbons (Fsp3) is 0.300. The largest absolute Gasteiger partial charge is 0.295 e. The Morgan fingerprint density at radius 2 is 1.82 bits per heavy atom. The van der Waals surface area contributed by atoms with Gasteiger partial charge in [0.15, 0.2) is 5.78 Å². The highest BCUT2D eigenvalue weighted by atomic mass is 16.1. The summed E-state index contributed by atoms with van der Waals surface area (Å²) < 4.78 is 0. The molecule has 0 fully saturated rings. The number of rotatable bonds is 3. The van der Waals surface area contributed by atoms with Crippen molar-refractivity contribution in [3.8, 4) is 0 Å². The van der Waals surface area contributed by atoms with Crippen LogP contribution >= 0.6 is 0 Å². The summed E-state index contributed by atoms with van der Waals surface area (Å²) in [5.41, 5.74) is 0.741. The van der Waals surface area contributed by atoms with Crippen molar-refractivity contribution in [2.75, 3.05) is 0 Å². The lowest BCUT2D eigenvalue weighted by molar-refractivity contribution is -0.113. The lowest BCUT2D eigenvalue weighted by atomic mass is 10.1. The molecular formula is C10H14O. The van der Waals surface area contributed by atoms with Crippen LogP contribution in [-0.4, -0.2) is 5.78 Å². The summed E-state index contributed by atoms with van der Waals surface area (Å²) in [6.45, 7) is 5.38. The molecule has 0 aliphatic carbocycles. The fourth-order valence-electron chi connectivity index (χ4n) is 0.670. The van der Waals surface area contributed by atoms with E-state index in [1.54, 1.807) is 6.92 Å². The average molecular weight is 150 g/mol. The molecule has 0 atom stereocenters. The van der Waals surface area contributed by atoms with Crippen LogP contribution in [0.2, 0.25) is 0 Å². The predicted octanol–water partition coefficient (Wildman–Crippen LogP) is 2.65. The van der Waals surface area contributed by atoms with Crippen molar-refractivity contribution in [2.24, 2.45) is 0 Å². The standard InChI is InChI=1S/C10H14O/c1-4-6-8-10(7-5-2)9(3)11/h4-8H,1-3H3/b6-4+,7-5-,10-8+. The Hall–Kier alpha value is -1.11. The van der Waals surface area contributed by atoms with Gasteiger partial charge in [-0.25, -0.2) is 0 Å². The Kier molecular flexibility index (Phi) is 5.09. The molecule has 0 heterocycles. The zero-order chi connectivity index (χ0) is 8.69. The third-order valence-corrected chi connectivity index (χ3v) is 1.22. The van der Waals surface area contributed by atoms with E-state index in [9.17, 15) is 4.79 Å². The molecule has 0 saturated heterocycles. The summed E-state index contributed by atoms with van der Waals surface area (Å²) in [7, 11) is 0. The molecule has 0 amide bonds. The van der Waals surface area contributed by atoms with Crippen LogP contribution in [0.15, 0.2) is 36.0 Å². The van der Waals surface area contributed by atoms with Crippen molar-refractivity contribution in [3.05, 3.63) is 36.0 Å². The minimum atomic E-state index is 0.0983. The second-order valence-electron chi connectivity index (χ2n) is 2.20. The number of carbonyl (C=O) groups is 1. The van der Waals surface area contributed by atoms with Crippen LogP contribution in [0.25, 0.3) is 0 Å². The van der Waals surface area contributed by atoms with E-state index in [1.807, 2.05) is 44.2 Å². The van der Waals surface area contributed by atoms with Gasteiger partial charge in [-0.1, -0.05) is 30.4 Å². The minimum Gasteiger partial charge on any atom is -0.295 e. The molecule has 11 heavy (non-hydrogen) atoms. The molecular weight excluding hydrogens is 136 g/mol. The van der Waals surface area contributed by atoms with Crippen LogP contribution in [0.1, 0.15) is 20.8 Å². The number of ketones is 1. The van der Waals surface area contributed by atoms with Crippen LogP contribution in [0.4, 0.5) is 0 Å². The van der Waals surface area contributed by atoms with Crippen molar-refractivity contribution >= 4 is 5.78 Å². The zero-order valence-corrected chi connectivity index (χ0v) is 7.29. The molecule has 0 saturated carbocycles. The van der Waals surface area contributed by atoms with Crippen LogP contribution in [0.5, 0.6) is 0 Å². The SMILES string of the molecule is C\C=C/C(=C\C=C\C)C(C)=O. The summed E-state index contributed by atoms with van der Waals surface area (Å²) in [5.74, 6) is 0.0983. The highest BCUT2D eigenvalue weighted by Gasteiger charge is 1.94. The third-order valence-electron chi connectivity index (χ3n) is 1.22. The molecule has 0 bridgehead atoms. The van der Waals surface area contributed by atoms with Gasteiger partial charge >= 0.3 is 0 Å². The van der Waals surface area contributed by atoms with Crippen molar-refractivity contribution < 1.29 is 4.79 Å². The van der Waals surface area contributed by atoms with E-state index in [2.05, 4.69) is 0 Å². The molecule has 0 aliphatic heterocycles. The Morgan fingerprint density at radius 3 is 2.18 bits per heavy atom. The van der Waals surface area contributed by atoms with E-state index >= 15 is 0 Å². The van der Waals surface area contributed by atoms with Gasteiger partial charge in [-0.2, -0.15) is 0 Å². The van der Waals surface area contributed by atoms with Crippen LogP contribution < -0.4 is 0 Å². The average Bonchev–Trinajstić information content (AvgIpc) is 1.97. The number of carbonyl (C=O) groups excluding carboxylic acids is 1. The maximum Gasteiger partial charge on any atom is 0.159 e. The number of hydrogen-bond donors (Lipinski definition) is 0. The first-order valence-electron chi connectivity index (χ1n) is 3.69. The minimum absolute atomic E-state index is 0.0983. The summed E-state index contributed by atoms with van der Waals surface area (Å²) in [4.78, 5) is 10.9. The van der Waals surface area contributed by atoms with Gasteiger partial charge < -0.3 is 0 Å². The van der Waals surface area contributed by atoms with Crippen molar-refractivity contribution in [3.63, 3.8) is 0 Å². The highest BCUT2D eigenvalue weighted by Crippen LogP contribution is 1.98. The molecule has 0 spiro atoms. The molecule has 0 radical (unpaired) electrons. The van der Waals surface area contributed by atoms with Crippen LogP contribution in [0.3, 0.4) is 0 Å². The van der Waals surface area contributed by atoms with E-state index in [0.717, 1.165) is 5.57 Å². The van der Waals surface area contributed by atoms with Crippen LogP contribution in [-0.2, 0) is 4.79 Å². The second kappa shape index (κ2) is 5.66. The van der Waals surface area contributed by atoms with Crippen molar-refractivity contribution in [1.29, 1.82) is 0 Å². The monoisotopic (exact) mass is 150 g/mol. The number of Topliss-reactive ketones (excluding diaryl/α,β-unsaturated/α-hetero) is 1. The molecule has 0 aliphatic rings. The molecule has 0 aromatic heterocycles. The summed E-state index contributed by atoms with van der Waals surface area (Å²) in [6, 6.07) is 0. The van der Waals surface area contributed by atoms with Gasteiger partial charge in [0.2, 0.25) is 0 Å². The maximum atomic E-state index is 10.9.